The zero-order chi connectivity index (χ0) is 22.1. The minimum atomic E-state index is -0.260. The van der Waals surface area contributed by atoms with Gasteiger partial charge in [-0.1, -0.05) is 59.6 Å². The highest BCUT2D eigenvalue weighted by Gasteiger charge is 2.21. The molecular formula is C24H21Cl2N5O. The van der Waals surface area contributed by atoms with Crippen molar-refractivity contribution in [2.24, 2.45) is 0 Å². The van der Waals surface area contributed by atoms with Gasteiger partial charge in [-0.25, -0.2) is 4.98 Å². The highest BCUT2D eigenvalue weighted by atomic mass is 35.5. The maximum atomic E-state index is 12.6. The Balaban J connectivity index is 1.78. The lowest BCUT2D eigenvalue weighted by molar-refractivity contribution is 0.477. The molecule has 0 atom stereocenters. The second kappa shape index (κ2) is 8.90. The van der Waals surface area contributed by atoms with Gasteiger partial charge in [0.15, 0.2) is 0 Å². The van der Waals surface area contributed by atoms with Crippen molar-refractivity contribution < 1.29 is 0 Å². The quantitative estimate of drug-likeness (QED) is 0.389. The molecule has 0 aliphatic carbocycles. The molecule has 2 aromatic heterocycles. The highest BCUT2D eigenvalue weighted by molar-refractivity contribution is 6.34. The van der Waals surface area contributed by atoms with E-state index in [1.807, 2.05) is 42.5 Å². The number of aromatic nitrogens is 3. The van der Waals surface area contributed by atoms with Gasteiger partial charge in [0, 0.05) is 38.8 Å². The monoisotopic (exact) mass is 465 g/mol. The van der Waals surface area contributed by atoms with Crippen molar-refractivity contribution >= 4 is 40.2 Å². The van der Waals surface area contributed by atoms with Gasteiger partial charge in [-0.15, -0.1) is 0 Å². The summed E-state index contributed by atoms with van der Waals surface area (Å²) in [6.45, 7) is 1.88. The van der Waals surface area contributed by atoms with Crippen LogP contribution in [0.5, 0.6) is 0 Å². The summed E-state index contributed by atoms with van der Waals surface area (Å²) in [7, 11) is 0. The second-order valence-electron chi connectivity index (χ2n) is 7.79. The number of aromatic amines is 1. The average molecular weight is 466 g/mol. The number of nitrogens with zero attached hydrogens (tertiary/aromatic N) is 2. The first kappa shape index (κ1) is 20.9. The number of nitrogens with one attached hydrogen (secondary N) is 3. The number of pyridine rings is 1. The highest BCUT2D eigenvalue weighted by Crippen LogP contribution is 2.38. The van der Waals surface area contributed by atoms with Crippen LogP contribution in [0.2, 0.25) is 10.0 Å². The fraction of sp³-hybridized carbons (Fsp3) is 0.208. The second-order valence-corrected chi connectivity index (χ2v) is 8.61. The Hall–Kier alpha value is -2.93. The largest absolute Gasteiger partial charge is 0.351 e. The molecule has 1 aliphatic rings. The van der Waals surface area contributed by atoms with E-state index in [4.69, 9.17) is 28.2 Å². The van der Waals surface area contributed by atoms with Crippen LogP contribution in [0.1, 0.15) is 12.8 Å². The minimum Gasteiger partial charge on any atom is -0.351 e. The summed E-state index contributed by atoms with van der Waals surface area (Å²) in [4.78, 5) is 25.0. The zero-order valence-corrected chi connectivity index (χ0v) is 18.7. The Labute approximate surface area is 195 Å². The third-order valence-corrected chi connectivity index (χ3v) is 6.32. The average Bonchev–Trinajstić information content (AvgIpc) is 2.79. The molecule has 6 nitrogen and oxygen atoms in total. The van der Waals surface area contributed by atoms with E-state index in [0.717, 1.165) is 37.1 Å². The number of benzene rings is 2. The normalized spacial score (nSPS) is 14.6. The summed E-state index contributed by atoms with van der Waals surface area (Å²) < 4.78 is 0. The Morgan fingerprint density at radius 2 is 1.53 bits per heavy atom. The standard InChI is InChI=1S/C24H21Cl2N5O/c25-18-7-3-1-5-15(18)17-13-20(32)29-23-21(17)22(16-6-2-4-8-19(16)26)30-24(31-23)28-14-9-11-27-12-10-14/h1-8,13-14,27H,9-12H2,(H2,28,29,30,31,32). The Morgan fingerprint density at radius 3 is 2.22 bits per heavy atom. The number of H-pyrrole nitrogens is 1. The van der Waals surface area contributed by atoms with Crippen molar-refractivity contribution in [3.8, 4) is 22.4 Å². The van der Waals surface area contributed by atoms with Gasteiger partial charge in [-0.2, -0.15) is 4.98 Å². The molecular weight excluding hydrogens is 445 g/mol. The summed E-state index contributed by atoms with van der Waals surface area (Å²) in [5.41, 5.74) is 2.98. The first-order valence-corrected chi connectivity index (χ1v) is 11.3. The van der Waals surface area contributed by atoms with Gasteiger partial charge in [-0.05, 0) is 38.1 Å². The molecule has 0 spiro atoms. The lowest BCUT2D eigenvalue weighted by atomic mass is 9.98. The molecule has 1 fully saturated rings. The fourth-order valence-electron chi connectivity index (χ4n) is 4.12. The molecule has 8 heteroatoms. The van der Waals surface area contributed by atoms with Gasteiger partial charge in [0.05, 0.1) is 11.1 Å². The van der Waals surface area contributed by atoms with Crippen LogP contribution in [-0.2, 0) is 0 Å². The smallest absolute Gasteiger partial charge is 0.250 e. The van der Waals surface area contributed by atoms with Crippen LogP contribution in [0.15, 0.2) is 59.4 Å². The van der Waals surface area contributed by atoms with Crippen LogP contribution < -0.4 is 16.2 Å². The lowest BCUT2D eigenvalue weighted by Gasteiger charge is -2.24. The van der Waals surface area contributed by atoms with Gasteiger partial charge in [0.25, 0.3) is 0 Å². The maximum Gasteiger partial charge on any atom is 0.250 e. The van der Waals surface area contributed by atoms with Gasteiger partial charge in [0.1, 0.15) is 5.65 Å². The van der Waals surface area contributed by atoms with E-state index in [1.165, 1.54) is 6.07 Å². The number of hydrogen-bond donors (Lipinski definition) is 3. The van der Waals surface area contributed by atoms with Crippen molar-refractivity contribution in [2.75, 3.05) is 18.4 Å². The predicted molar refractivity (Wildman–Crippen MR) is 131 cm³/mol. The van der Waals surface area contributed by atoms with Gasteiger partial charge in [-0.3, -0.25) is 4.79 Å². The Morgan fingerprint density at radius 1 is 0.875 bits per heavy atom. The molecule has 32 heavy (non-hydrogen) atoms. The van der Waals surface area contributed by atoms with Crippen molar-refractivity contribution in [3.63, 3.8) is 0 Å². The van der Waals surface area contributed by atoms with E-state index in [-0.39, 0.29) is 11.6 Å². The summed E-state index contributed by atoms with van der Waals surface area (Å²) in [5.74, 6) is 0.464. The molecule has 1 saturated heterocycles. The summed E-state index contributed by atoms with van der Waals surface area (Å²) >= 11 is 13.1. The fourth-order valence-corrected chi connectivity index (χ4v) is 4.58. The predicted octanol–water partition coefficient (Wildman–Crippen LogP) is 5.12. The topological polar surface area (TPSA) is 82.7 Å². The van der Waals surface area contributed by atoms with Crippen LogP contribution in [0, 0.1) is 0 Å². The van der Waals surface area contributed by atoms with E-state index in [2.05, 4.69) is 20.6 Å². The van der Waals surface area contributed by atoms with Gasteiger partial charge in [0.2, 0.25) is 11.5 Å². The molecule has 0 amide bonds. The molecule has 162 valence electrons. The third-order valence-electron chi connectivity index (χ3n) is 5.66. The zero-order valence-electron chi connectivity index (χ0n) is 17.2. The SMILES string of the molecule is O=c1cc(-c2ccccc2Cl)c2c(-c3ccccc3Cl)nc(NC3CCNCC3)nc2[nH]1. The molecule has 4 aromatic rings. The van der Waals surface area contributed by atoms with Crippen LogP contribution in [0.25, 0.3) is 33.4 Å². The van der Waals surface area contributed by atoms with Crippen LogP contribution in [0.3, 0.4) is 0 Å². The third kappa shape index (κ3) is 4.09. The minimum absolute atomic E-state index is 0.256. The van der Waals surface area contributed by atoms with Gasteiger partial charge >= 0.3 is 0 Å². The maximum absolute atomic E-state index is 12.6. The van der Waals surface area contributed by atoms with Gasteiger partial charge < -0.3 is 15.6 Å². The van der Waals surface area contributed by atoms with E-state index >= 15 is 0 Å². The number of fused-ring (bicyclic) bond motifs is 1. The molecule has 5 rings (SSSR count). The molecule has 0 bridgehead atoms. The number of piperidine rings is 1. The summed E-state index contributed by atoms with van der Waals surface area (Å²) in [6.07, 6.45) is 1.94. The number of hydrogen-bond acceptors (Lipinski definition) is 5. The lowest BCUT2D eigenvalue weighted by Crippen LogP contribution is -2.35. The summed E-state index contributed by atoms with van der Waals surface area (Å²) in [6, 6.07) is 16.7. The van der Waals surface area contributed by atoms with Crippen molar-refractivity contribution in [3.05, 3.63) is 75.0 Å². The first-order chi connectivity index (χ1) is 15.6. The Bertz CT molecular complexity index is 1350. The van der Waals surface area contributed by atoms with E-state index in [9.17, 15) is 4.79 Å². The molecule has 3 heterocycles. The van der Waals surface area contributed by atoms with E-state index in [1.54, 1.807) is 6.07 Å². The molecule has 2 aromatic carbocycles. The Kier molecular flexibility index (Phi) is 5.83. The van der Waals surface area contributed by atoms with Crippen LogP contribution >= 0.6 is 23.2 Å². The first-order valence-electron chi connectivity index (χ1n) is 10.5. The molecule has 0 unspecified atom stereocenters. The molecule has 0 radical (unpaired) electrons. The number of rotatable bonds is 4. The summed E-state index contributed by atoms with van der Waals surface area (Å²) in [5, 5.41) is 8.60. The van der Waals surface area contributed by atoms with Crippen molar-refractivity contribution in [1.29, 1.82) is 0 Å². The van der Waals surface area contributed by atoms with Crippen molar-refractivity contribution in [2.45, 2.75) is 18.9 Å². The van der Waals surface area contributed by atoms with Crippen LogP contribution in [0.4, 0.5) is 5.95 Å². The van der Waals surface area contributed by atoms with Crippen LogP contribution in [-0.4, -0.2) is 34.1 Å². The molecule has 1 aliphatic heterocycles. The number of anilines is 1. The molecule has 3 N–H and O–H groups in total. The van der Waals surface area contributed by atoms with Crippen molar-refractivity contribution in [1.82, 2.24) is 20.3 Å². The van der Waals surface area contributed by atoms with E-state index in [0.29, 0.717) is 38.3 Å². The number of halogens is 2. The molecule has 0 saturated carbocycles. The van der Waals surface area contributed by atoms with E-state index < -0.39 is 0 Å².